The van der Waals surface area contributed by atoms with Crippen LogP contribution in [0, 0.1) is 11.3 Å². The highest BCUT2D eigenvalue weighted by atomic mass is 16.2. The van der Waals surface area contributed by atoms with E-state index in [0.717, 1.165) is 13.0 Å². The van der Waals surface area contributed by atoms with Gasteiger partial charge in [-0.2, -0.15) is 5.26 Å². The number of hydrogen-bond acceptors (Lipinski definition) is 2. The number of carbonyl (C=O) groups excluding carboxylic acids is 1. The summed E-state index contributed by atoms with van der Waals surface area (Å²) in [6, 6.07) is 1.86. The number of nitriles is 1. The van der Waals surface area contributed by atoms with Crippen LogP contribution in [0.15, 0.2) is 11.6 Å². The van der Waals surface area contributed by atoms with E-state index in [4.69, 9.17) is 5.26 Å². The number of carbonyl (C=O) groups is 1. The predicted molar refractivity (Wildman–Crippen MR) is 56.5 cm³/mol. The van der Waals surface area contributed by atoms with Crippen molar-refractivity contribution in [3.8, 4) is 6.07 Å². The van der Waals surface area contributed by atoms with Crippen LogP contribution in [0.3, 0.4) is 0 Å². The normalized spacial score (nSPS) is 14.7. The Bertz CT molecular complexity index is 251. The van der Waals surface area contributed by atoms with Gasteiger partial charge in [-0.3, -0.25) is 4.79 Å². The van der Waals surface area contributed by atoms with Crippen molar-refractivity contribution < 1.29 is 4.79 Å². The molecule has 0 aliphatic carbocycles. The Balaban J connectivity index is 0.000000791. The maximum absolute atomic E-state index is 11.2. The summed E-state index contributed by atoms with van der Waals surface area (Å²) in [4.78, 5) is 12.9. The van der Waals surface area contributed by atoms with Crippen molar-refractivity contribution in [1.82, 2.24) is 4.90 Å². The second-order valence-electron chi connectivity index (χ2n) is 2.98. The quantitative estimate of drug-likeness (QED) is 0.600. The van der Waals surface area contributed by atoms with Crippen LogP contribution in [0.25, 0.3) is 0 Å². The van der Waals surface area contributed by atoms with Crippen LogP contribution in [0.4, 0.5) is 0 Å². The number of amides is 1. The lowest BCUT2D eigenvalue weighted by Crippen LogP contribution is -2.34. The van der Waals surface area contributed by atoms with Gasteiger partial charge in [-0.05, 0) is 13.3 Å². The van der Waals surface area contributed by atoms with E-state index in [1.165, 1.54) is 5.57 Å². The molecule has 1 amide bonds. The summed E-state index contributed by atoms with van der Waals surface area (Å²) in [5.41, 5.74) is 1.33. The van der Waals surface area contributed by atoms with Gasteiger partial charge in [0.15, 0.2) is 0 Å². The Morgan fingerprint density at radius 1 is 1.64 bits per heavy atom. The van der Waals surface area contributed by atoms with E-state index in [0.29, 0.717) is 6.54 Å². The molecular formula is C11H18N2O. The van der Waals surface area contributed by atoms with E-state index in [2.05, 4.69) is 6.92 Å². The molecule has 1 rings (SSSR count). The van der Waals surface area contributed by atoms with Crippen molar-refractivity contribution in [1.29, 1.82) is 5.26 Å². The third-order valence-corrected chi connectivity index (χ3v) is 2.02. The van der Waals surface area contributed by atoms with Gasteiger partial charge >= 0.3 is 0 Å². The average Bonchev–Trinajstić information content (AvgIpc) is 2.22. The Labute approximate surface area is 86.0 Å². The van der Waals surface area contributed by atoms with E-state index in [-0.39, 0.29) is 12.3 Å². The van der Waals surface area contributed by atoms with Crippen molar-refractivity contribution in [2.24, 2.45) is 0 Å². The first-order valence-corrected chi connectivity index (χ1v) is 5.04. The van der Waals surface area contributed by atoms with E-state index < -0.39 is 0 Å². The largest absolute Gasteiger partial charge is 0.338 e. The fraction of sp³-hybridized carbons (Fsp3) is 0.636. The molecule has 0 radical (unpaired) electrons. The standard InChI is InChI=1S/C9H12N2O.C2H6/c1-8-3-6-11(7-4-8)9(12)2-5-10;1-2/h3H,2,4,6-7H2,1H3;1-2H3. The van der Waals surface area contributed by atoms with Gasteiger partial charge in [0.1, 0.15) is 6.42 Å². The molecule has 0 saturated heterocycles. The Kier molecular flexibility index (Phi) is 6.47. The van der Waals surface area contributed by atoms with Gasteiger partial charge in [-0.1, -0.05) is 25.5 Å². The van der Waals surface area contributed by atoms with Crippen LogP contribution < -0.4 is 0 Å². The maximum Gasteiger partial charge on any atom is 0.237 e. The van der Waals surface area contributed by atoms with E-state index in [1.54, 1.807) is 4.90 Å². The molecule has 78 valence electrons. The number of nitrogens with zero attached hydrogens (tertiary/aromatic N) is 2. The molecule has 14 heavy (non-hydrogen) atoms. The summed E-state index contributed by atoms with van der Waals surface area (Å²) in [5.74, 6) is -0.0544. The minimum atomic E-state index is -0.0544. The topological polar surface area (TPSA) is 44.1 Å². The molecule has 0 atom stereocenters. The molecule has 3 heteroatoms. The summed E-state index contributed by atoms with van der Waals surface area (Å²) >= 11 is 0. The van der Waals surface area contributed by atoms with Gasteiger partial charge in [0, 0.05) is 13.1 Å². The zero-order valence-corrected chi connectivity index (χ0v) is 9.21. The molecule has 0 saturated carbocycles. The fourth-order valence-corrected chi connectivity index (χ4v) is 1.18. The van der Waals surface area contributed by atoms with E-state index in [9.17, 15) is 4.79 Å². The second-order valence-corrected chi connectivity index (χ2v) is 2.98. The van der Waals surface area contributed by atoms with Gasteiger partial charge in [0.05, 0.1) is 6.07 Å². The Morgan fingerprint density at radius 3 is 2.71 bits per heavy atom. The van der Waals surface area contributed by atoms with Crippen molar-refractivity contribution in [3.05, 3.63) is 11.6 Å². The van der Waals surface area contributed by atoms with Gasteiger partial charge in [-0.15, -0.1) is 0 Å². The van der Waals surface area contributed by atoms with Gasteiger partial charge in [-0.25, -0.2) is 0 Å². The lowest BCUT2D eigenvalue weighted by molar-refractivity contribution is -0.129. The summed E-state index contributed by atoms with van der Waals surface area (Å²) in [5, 5.41) is 8.31. The molecule has 0 aromatic heterocycles. The Hall–Kier alpha value is -1.30. The fourth-order valence-electron chi connectivity index (χ4n) is 1.18. The zero-order valence-electron chi connectivity index (χ0n) is 9.21. The van der Waals surface area contributed by atoms with Crippen LogP contribution in [0.5, 0.6) is 0 Å². The molecule has 3 nitrogen and oxygen atoms in total. The first-order chi connectivity index (χ1) is 6.74. The summed E-state index contributed by atoms with van der Waals surface area (Å²) in [6.45, 7) is 7.50. The molecule has 0 aromatic carbocycles. The minimum absolute atomic E-state index is 0.00683. The van der Waals surface area contributed by atoms with Crippen LogP contribution in [0.2, 0.25) is 0 Å². The predicted octanol–water partition coefficient (Wildman–Crippen LogP) is 2.10. The van der Waals surface area contributed by atoms with Crippen molar-refractivity contribution in [2.75, 3.05) is 13.1 Å². The van der Waals surface area contributed by atoms with Crippen LogP contribution in [-0.4, -0.2) is 23.9 Å². The Morgan fingerprint density at radius 2 is 2.29 bits per heavy atom. The van der Waals surface area contributed by atoms with Crippen LogP contribution >= 0.6 is 0 Å². The van der Waals surface area contributed by atoms with Gasteiger partial charge in [0.25, 0.3) is 0 Å². The van der Waals surface area contributed by atoms with Crippen molar-refractivity contribution >= 4 is 5.91 Å². The molecule has 0 spiro atoms. The maximum atomic E-state index is 11.2. The van der Waals surface area contributed by atoms with Gasteiger partial charge < -0.3 is 4.90 Å². The molecule has 1 heterocycles. The molecule has 0 N–H and O–H groups in total. The highest BCUT2D eigenvalue weighted by molar-refractivity contribution is 5.78. The zero-order chi connectivity index (χ0) is 11.0. The lowest BCUT2D eigenvalue weighted by atomic mass is 10.1. The smallest absolute Gasteiger partial charge is 0.237 e. The summed E-state index contributed by atoms with van der Waals surface area (Å²) in [6.07, 6.45) is 2.99. The molecule has 0 bridgehead atoms. The first kappa shape index (κ1) is 12.7. The van der Waals surface area contributed by atoms with Crippen molar-refractivity contribution in [3.63, 3.8) is 0 Å². The van der Waals surface area contributed by atoms with Gasteiger partial charge in [0.2, 0.25) is 5.91 Å². The first-order valence-electron chi connectivity index (χ1n) is 5.04. The van der Waals surface area contributed by atoms with Crippen LogP contribution in [0.1, 0.15) is 33.6 Å². The second kappa shape index (κ2) is 7.14. The number of hydrogen-bond donors (Lipinski definition) is 0. The highest BCUT2D eigenvalue weighted by Gasteiger charge is 2.14. The monoisotopic (exact) mass is 194 g/mol. The van der Waals surface area contributed by atoms with Crippen LogP contribution in [-0.2, 0) is 4.79 Å². The molecule has 0 fully saturated rings. The highest BCUT2D eigenvalue weighted by Crippen LogP contribution is 2.09. The SMILES string of the molecule is CC.CC1=CCN(C(=O)CC#N)CC1. The molecule has 1 aliphatic rings. The minimum Gasteiger partial charge on any atom is -0.338 e. The molecular weight excluding hydrogens is 176 g/mol. The van der Waals surface area contributed by atoms with E-state index >= 15 is 0 Å². The third kappa shape index (κ3) is 4.08. The third-order valence-electron chi connectivity index (χ3n) is 2.02. The average molecular weight is 194 g/mol. The summed E-state index contributed by atoms with van der Waals surface area (Å²) in [7, 11) is 0. The molecule has 0 aromatic rings. The molecule has 0 unspecified atom stereocenters. The van der Waals surface area contributed by atoms with E-state index in [1.807, 2.05) is 26.0 Å². The summed E-state index contributed by atoms with van der Waals surface area (Å²) < 4.78 is 0. The van der Waals surface area contributed by atoms with Crippen molar-refractivity contribution in [2.45, 2.75) is 33.6 Å². The lowest BCUT2D eigenvalue weighted by Gasteiger charge is -2.24. The molecule has 1 aliphatic heterocycles. The number of rotatable bonds is 1.